The van der Waals surface area contributed by atoms with Gasteiger partial charge in [-0.3, -0.25) is 4.79 Å². The largest absolute Gasteiger partial charge is 0.401 e. The number of nitrogens with two attached hydrogens (primary N) is 2. The van der Waals surface area contributed by atoms with Crippen molar-refractivity contribution in [2.75, 3.05) is 5.75 Å². The predicted octanol–water partition coefficient (Wildman–Crippen LogP) is 1.76. The molecule has 1 rings (SSSR count). The molecule has 0 aliphatic carbocycles. The minimum Gasteiger partial charge on any atom is -0.401 e. The summed E-state index contributed by atoms with van der Waals surface area (Å²) in [7, 11) is 0. The van der Waals surface area contributed by atoms with Crippen molar-refractivity contribution in [3.8, 4) is 0 Å². The molecule has 0 heterocycles. The van der Waals surface area contributed by atoms with Crippen LogP contribution in [-0.4, -0.2) is 11.7 Å². The first-order chi connectivity index (χ1) is 7.09. The van der Waals surface area contributed by atoms with Crippen LogP contribution in [0.1, 0.15) is 0 Å². The van der Waals surface area contributed by atoms with Gasteiger partial charge in [-0.15, -0.1) is 11.8 Å². The number of amides is 1. The third-order valence-electron chi connectivity index (χ3n) is 1.56. The Morgan fingerprint density at radius 2 is 2.07 bits per heavy atom. The molecule has 5 heteroatoms. The topological polar surface area (TPSA) is 69.1 Å². The Morgan fingerprint density at radius 3 is 2.67 bits per heavy atom. The van der Waals surface area contributed by atoms with Crippen LogP contribution in [-0.2, 0) is 4.79 Å². The van der Waals surface area contributed by atoms with Gasteiger partial charge in [-0.05, 0) is 12.1 Å². The summed E-state index contributed by atoms with van der Waals surface area (Å²) in [5.74, 6) is -0.0422. The van der Waals surface area contributed by atoms with Crippen LogP contribution in [0.3, 0.4) is 0 Å². The summed E-state index contributed by atoms with van der Waals surface area (Å²) in [6, 6.07) is 7.44. The first-order valence-electron chi connectivity index (χ1n) is 4.22. The molecule has 0 aliphatic rings. The second-order valence-corrected chi connectivity index (χ2v) is 4.27. The normalized spacial score (nSPS) is 11.4. The van der Waals surface area contributed by atoms with Gasteiger partial charge in [0.1, 0.15) is 0 Å². The van der Waals surface area contributed by atoms with E-state index >= 15 is 0 Å². The van der Waals surface area contributed by atoms with Crippen LogP contribution in [0, 0.1) is 0 Å². The fourth-order valence-corrected chi connectivity index (χ4v) is 2.03. The SMILES string of the molecule is NC(=O)/C=C(\N)CSc1ccccc1Cl. The number of benzene rings is 1. The molecule has 1 aromatic rings. The number of carbonyl (C=O) groups is 1. The maximum Gasteiger partial charge on any atom is 0.243 e. The molecule has 0 spiro atoms. The van der Waals surface area contributed by atoms with Gasteiger partial charge in [-0.1, -0.05) is 23.7 Å². The van der Waals surface area contributed by atoms with E-state index in [9.17, 15) is 4.79 Å². The van der Waals surface area contributed by atoms with Gasteiger partial charge in [0.05, 0.1) is 5.02 Å². The van der Waals surface area contributed by atoms with E-state index in [2.05, 4.69) is 0 Å². The van der Waals surface area contributed by atoms with Crippen molar-refractivity contribution in [1.82, 2.24) is 0 Å². The van der Waals surface area contributed by atoms with Crippen molar-refractivity contribution in [1.29, 1.82) is 0 Å². The quantitative estimate of drug-likeness (QED) is 0.625. The van der Waals surface area contributed by atoms with Gasteiger partial charge in [-0.2, -0.15) is 0 Å². The molecular formula is C10H11ClN2OS. The molecule has 15 heavy (non-hydrogen) atoms. The zero-order valence-corrected chi connectivity index (χ0v) is 9.52. The molecule has 0 fully saturated rings. The number of hydrogen-bond acceptors (Lipinski definition) is 3. The summed E-state index contributed by atoms with van der Waals surface area (Å²) in [5.41, 5.74) is 11.0. The van der Waals surface area contributed by atoms with E-state index in [1.807, 2.05) is 18.2 Å². The van der Waals surface area contributed by atoms with Gasteiger partial charge in [0.25, 0.3) is 0 Å². The minimum atomic E-state index is -0.535. The zero-order chi connectivity index (χ0) is 11.3. The molecule has 3 nitrogen and oxygen atoms in total. The number of primary amides is 1. The second kappa shape index (κ2) is 5.68. The Bertz CT molecular complexity index is 393. The minimum absolute atomic E-state index is 0.437. The maximum absolute atomic E-state index is 10.5. The molecule has 0 bridgehead atoms. The molecule has 0 saturated heterocycles. The average molecular weight is 243 g/mol. The van der Waals surface area contributed by atoms with Crippen LogP contribution in [0.5, 0.6) is 0 Å². The van der Waals surface area contributed by atoms with Crippen molar-refractivity contribution in [2.45, 2.75) is 4.90 Å². The third kappa shape index (κ3) is 4.27. The lowest BCUT2D eigenvalue weighted by Gasteiger charge is -2.03. The summed E-state index contributed by atoms with van der Waals surface area (Å²) in [4.78, 5) is 11.4. The summed E-state index contributed by atoms with van der Waals surface area (Å²) >= 11 is 7.40. The van der Waals surface area contributed by atoms with E-state index in [1.165, 1.54) is 17.8 Å². The van der Waals surface area contributed by atoms with Crippen molar-refractivity contribution in [2.24, 2.45) is 11.5 Å². The van der Waals surface area contributed by atoms with Crippen molar-refractivity contribution >= 4 is 29.3 Å². The highest BCUT2D eigenvalue weighted by Crippen LogP contribution is 2.27. The van der Waals surface area contributed by atoms with Gasteiger partial charge >= 0.3 is 0 Å². The van der Waals surface area contributed by atoms with Crippen molar-refractivity contribution in [3.63, 3.8) is 0 Å². The number of carbonyl (C=O) groups excluding carboxylic acids is 1. The summed E-state index contributed by atoms with van der Waals surface area (Å²) in [5, 5.41) is 0.675. The Morgan fingerprint density at radius 1 is 1.40 bits per heavy atom. The number of thioether (sulfide) groups is 1. The molecule has 1 aromatic carbocycles. The molecule has 0 saturated carbocycles. The maximum atomic E-state index is 10.5. The molecular weight excluding hydrogens is 232 g/mol. The lowest BCUT2D eigenvalue weighted by molar-refractivity contribution is -0.113. The Balaban J connectivity index is 2.58. The number of rotatable bonds is 4. The highest BCUT2D eigenvalue weighted by Gasteiger charge is 2.00. The monoisotopic (exact) mass is 242 g/mol. The Hall–Kier alpha value is -1.13. The fourth-order valence-electron chi connectivity index (χ4n) is 0.947. The molecule has 4 N–H and O–H groups in total. The van der Waals surface area contributed by atoms with Crippen LogP contribution in [0.25, 0.3) is 0 Å². The first kappa shape index (κ1) is 11.9. The lowest BCUT2D eigenvalue weighted by Crippen LogP contribution is -2.11. The van der Waals surface area contributed by atoms with E-state index in [0.29, 0.717) is 16.5 Å². The van der Waals surface area contributed by atoms with Gasteiger partial charge in [0.2, 0.25) is 5.91 Å². The Kier molecular flexibility index (Phi) is 4.52. The molecule has 80 valence electrons. The molecule has 0 radical (unpaired) electrons. The highest BCUT2D eigenvalue weighted by atomic mass is 35.5. The number of halogens is 1. The van der Waals surface area contributed by atoms with Gasteiger partial charge < -0.3 is 11.5 Å². The van der Waals surface area contributed by atoms with Gasteiger partial charge in [-0.25, -0.2) is 0 Å². The van der Waals surface area contributed by atoms with Crippen molar-refractivity contribution < 1.29 is 4.79 Å². The van der Waals surface area contributed by atoms with E-state index in [-0.39, 0.29) is 0 Å². The van der Waals surface area contributed by atoms with E-state index in [0.717, 1.165) is 4.90 Å². The standard InChI is InChI=1S/C10H11ClN2OS/c11-8-3-1-2-4-9(8)15-6-7(12)5-10(13)14/h1-5H,6,12H2,(H2,13,14)/b7-5-. The molecule has 0 aliphatic heterocycles. The third-order valence-corrected chi connectivity index (χ3v) is 3.14. The number of hydrogen-bond donors (Lipinski definition) is 2. The van der Waals surface area contributed by atoms with Crippen LogP contribution < -0.4 is 11.5 Å². The van der Waals surface area contributed by atoms with Crippen LogP contribution in [0.15, 0.2) is 40.9 Å². The molecule has 0 atom stereocenters. The van der Waals surface area contributed by atoms with E-state index < -0.39 is 5.91 Å². The van der Waals surface area contributed by atoms with Crippen LogP contribution >= 0.6 is 23.4 Å². The van der Waals surface area contributed by atoms with Gasteiger partial charge in [0.15, 0.2) is 0 Å². The Labute approximate surface area is 97.5 Å². The summed E-state index contributed by atoms with van der Waals surface area (Å²) in [6.45, 7) is 0. The summed E-state index contributed by atoms with van der Waals surface area (Å²) in [6.07, 6.45) is 1.21. The van der Waals surface area contributed by atoms with Crippen LogP contribution in [0.2, 0.25) is 5.02 Å². The molecule has 0 unspecified atom stereocenters. The average Bonchev–Trinajstić information content (AvgIpc) is 2.15. The van der Waals surface area contributed by atoms with E-state index in [1.54, 1.807) is 6.07 Å². The highest BCUT2D eigenvalue weighted by molar-refractivity contribution is 7.99. The smallest absolute Gasteiger partial charge is 0.243 e. The zero-order valence-electron chi connectivity index (χ0n) is 7.94. The van der Waals surface area contributed by atoms with Gasteiger partial charge in [0, 0.05) is 22.4 Å². The second-order valence-electron chi connectivity index (χ2n) is 2.84. The lowest BCUT2D eigenvalue weighted by atomic mass is 10.4. The van der Waals surface area contributed by atoms with E-state index in [4.69, 9.17) is 23.1 Å². The molecule has 1 amide bonds. The first-order valence-corrected chi connectivity index (χ1v) is 5.59. The predicted molar refractivity (Wildman–Crippen MR) is 63.6 cm³/mol. The fraction of sp³-hybridized carbons (Fsp3) is 0.100. The van der Waals surface area contributed by atoms with Crippen LogP contribution in [0.4, 0.5) is 0 Å². The van der Waals surface area contributed by atoms with Crippen molar-refractivity contribution in [3.05, 3.63) is 41.1 Å². The molecule has 0 aromatic heterocycles. The summed E-state index contributed by atoms with van der Waals surface area (Å²) < 4.78 is 0.